The van der Waals surface area contributed by atoms with Crippen LogP contribution in [0.4, 0.5) is 10.8 Å². The summed E-state index contributed by atoms with van der Waals surface area (Å²) < 4.78 is 24.6. The summed E-state index contributed by atoms with van der Waals surface area (Å²) >= 11 is 1.37. The van der Waals surface area contributed by atoms with Gasteiger partial charge >= 0.3 is 0 Å². The van der Waals surface area contributed by atoms with E-state index in [-0.39, 0.29) is 10.6 Å². The van der Waals surface area contributed by atoms with Gasteiger partial charge in [0.15, 0.2) is 11.0 Å². The zero-order valence-electron chi connectivity index (χ0n) is 16.7. The van der Waals surface area contributed by atoms with Crippen molar-refractivity contribution in [2.75, 3.05) is 5.32 Å². The number of hydrogen-bond acceptors (Lipinski definition) is 8. The normalized spacial score (nSPS) is 11.5. The molecule has 2 heterocycles. The Labute approximate surface area is 183 Å². The van der Waals surface area contributed by atoms with Gasteiger partial charge in [0.25, 0.3) is 0 Å². The Kier molecular flexibility index (Phi) is 5.44. The van der Waals surface area contributed by atoms with Crippen LogP contribution in [-0.4, -0.2) is 28.5 Å². The molecule has 4 aromatic rings. The van der Waals surface area contributed by atoms with Gasteiger partial charge in [0.2, 0.25) is 10.0 Å². The predicted octanol–water partition coefficient (Wildman–Crippen LogP) is 3.98. The fraction of sp³-hybridized carbons (Fsp3) is 0.0952. The Morgan fingerprint density at radius 2 is 1.65 bits per heavy atom. The number of phenolic OH excluding ortho intramolecular Hbond substituents is 1. The van der Waals surface area contributed by atoms with E-state index < -0.39 is 10.0 Å². The number of aromatic nitrogens is 3. The van der Waals surface area contributed by atoms with Crippen LogP contribution in [0.5, 0.6) is 5.75 Å². The molecule has 31 heavy (non-hydrogen) atoms. The van der Waals surface area contributed by atoms with Gasteiger partial charge in [0.05, 0.1) is 10.6 Å². The third-order valence-corrected chi connectivity index (χ3v) is 6.14. The number of rotatable bonds is 5. The number of phenols is 1. The van der Waals surface area contributed by atoms with Gasteiger partial charge in [0.1, 0.15) is 5.75 Å². The van der Waals surface area contributed by atoms with E-state index in [1.54, 1.807) is 36.4 Å². The molecule has 0 saturated heterocycles. The highest BCUT2D eigenvalue weighted by atomic mass is 32.2. The molecule has 2 aromatic heterocycles. The fourth-order valence-corrected chi connectivity index (χ4v) is 4.58. The van der Waals surface area contributed by atoms with Crippen LogP contribution in [0.3, 0.4) is 0 Å². The summed E-state index contributed by atoms with van der Waals surface area (Å²) in [5.74, 6) is 0.484. The SMILES string of the molecule is Cc1cc(C)nc(-c2ccc(Nc3nc(-c4ccc(O)cc4)cs3)cc2S(N)(=O)=O)n1. The fourth-order valence-electron chi connectivity index (χ4n) is 3.09. The average molecular weight is 454 g/mol. The Morgan fingerprint density at radius 1 is 0.968 bits per heavy atom. The Hall–Kier alpha value is -3.34. The maximum absolute atomic E-state index is 12.3. The summed E-state index contributed by atoms with van der Waals surface area (Å²) in [5, 5.41) is 20.5. The summed E-state index contributed by atoms with van der Waals surface area (Å²) in [7, 11) is -4.02. The number of hydrogen-bond donors (Lipinski definition) is 3. The van der Waals surface area contributed by atoms with Crippen molar-refractivity contribution in [2.45, 2.75) is 18.7 Å². The lowest BCUT2D eigenvalue weighted by Gasteiger charge is -2.11. The molecule has 2 aromatic carbocycles. The molecule has 0 fully saturated rings. The quantitative estimate of drug-likeness (QED) is 0.416. The molecule has 8 nitrogen and oxygen atoms in total. The van der Waals surface area contributed by atoms with Crippen molar-refractivity contribution in [3.8, 4) is 28.4 Å². The van der Waals surface area contributed by atoms with Gasteiger partial charge in [0, 0.05) is 33.6 Å². The van der Waals surface area contributed by atoms with E-state index >= 15 is 0 Å². The number of sulfonamides is 1. The van der Waals surface area contributed by atoms with E-state index in [0.717, 1.165) is 22.6 Å². The number of nitrogens with one attached hydrogen (secondary N) is 1. The highest BCUT2D eigenvalue weighted by Crippen LogP contribution is 2.31. The van der Waals surface area contributed by atoms with Crippen LogP contribution in [0.1, 0.15) is 11.4 Å². The molecular formula is C21H19N5O3S2. The molecule has 0 atom stereocenters. The second-order valence-electron chi connectivity index (χ2n) is 6.94. The second kappa shape index (κ2) is 8.06. The zero-order valence-corrected chi connectivity index (χ0v) is 18.3. The molecule has 158 valence electrons. The maximum Gasteiger partial charge on any atom is 0.238 e. The minimum Gasteiger partial charge on any atom is -0.508 e. The largest absolute Gasteiger partial charge is 0.508 e. The van der Waals surface area contributed by atoms with E-state index in [1.165, 1.54) is 17.4 Å². The van der Waals surface area contributed by atoms with Crippen LogP contribution in [0, 0.1) is 13.8 Å². The highest BCUT2D eigenvalue weighted by molar-refractivity contribution is 7.89. The highest BCUT2D eigenvalue weighted by Gasteiger charge is 2.19. The van der Waals surface area contributed by atoms with Gasteiger partial charge in [-0.3, -0.25) is 0 Å². The van der Waals surface area contributed by atoms with Crippen molar-refractivity contribution < 1.29 is 13.5 Å². The van der Waals surface area contributed by atoms with Gasteiger partial charge in [-0.2, -0.15) is 0 Å². The van der Waals surface area contributed by atoms with Crippen molar-refractivity contribution in [3.05, 3.63) is 65.3 Å². The molecule has 4 rings (SSSR count). The van der Waals surface area contributed by atoms with Gasteiger partial charge in [-0.1, -0.05) is 0 Å². The van der Waals surface area contributed by atoms with Crippen LogP contribution >= 0.6 is 11.3 Å². The summed E-state index contributed by atoms with van der Waals surface area (Å²) in [6.45, 7) is 3.64. The molecule has 0 aliphatic carbocycles. The number of benzene rings is 2. The van der Waals surface area contributed by atoms with Gasteiger partial charge in [-0.05, 0) is 62.4 Å². The number of nitrogens with zero attached hydrogens (tertiary/aromatic N) is 3. The predicted molar refractivity (Wildman–Crippen MR) is 121 cm³/mol. The topological polar surface area (TPSA) is 131 Å². The summed E-state index contributed by atoms with van der Waals surface area (Å²) in [6, 6.07) is 13.3. The first kappa shape index (κ1) is 20.9. The zero-order chi connectivity index (χ0) is 22.2. The van der Waals surface area contributed by atoms with Crippen LogP contribution in [-0.2, 0) is 10.0 Å². The minimum absolute atomic E-state index is 0.0715. The van der Waals surface area contributed by atoms with Crippen molar-refractivity contribution in [1.82, 2.24) is 15.0 Å². The maximum atomic E-state index is 12.3. The molecule has 0 unspecified atom stereocenters. The average Bonchev–Trinajstić information content (AvgIpc) is 3.15. The number of nitrogens with two attached hydrogens (primary N) is 1. The van der Waals surface area contributed by atoms with Gasteiger partial charge < -0.3 is 10.4 Å². The van der Waals surface area contributed by atoms with E-state index in [9.17, 15) is 13.5 Å². The number of anilines is 2. The van der Waals surface area contributed by atoms with Crippen molar-refractivity contribution >= 4 is 32.2 Å². The lowest BCUT2D eigenvalue weighted by molar-refractivity contribution is 0.475. The van der Waals surface area contributed by atoms with Crippen LogP contribution in [0.25, 0.3) is 22.6 Å². The van der Waals surface area contributed by atoms with E-state index in [2.05, 4.69) is 20.3 Å². The number of primary sulfonamides is 1. The number of aromatic hydroxyl groups is 1. The first-order chi connectivity index (χ1) is 14.7. The van der Waals surface area contributed by atoms with Crippen LogP contribution in [0.15, 0.2) is 58.8 Å². The first-order valence-corrected chi connectivity index (χ1v) is 11.6. The van der Waals surface area contributed by atoms with Crippen molar-refractivity contribution in [1.29, 1.82) is 0 Å². The summed E-state index contributed by atoms with van der Waals surface area (Å²) in [6.07, 6.45) is 0. The third kappa shape index (κ3) is 4.71. The molecular weight excluding hydrogens is 434 g/mol. The van der Waals surface area contributed by atoms with Gasteiger partial charge in [-0.15, -0.1) is 11.3 Å². The van der Waals surface area contributed by atoms with Crippen molar-refractivity contribution in [2.24, 2.45) is 5.14 Å². The lowest BCUT2D eigenvalue weighted by atomic mass is 10.1. The van der Waals surface area contributed by atoms with E-state index in [0.29, 0.717) is 22.2 Å². The standard InChI is InChI=1S/C21H19N5O3S2/c1-12-9-13(2)24-20(23-12)17-8-5-15(10-19(17)31(22,28)29)25-21-26-18(11-30-21)14-3-6-16(27)7-4-14/h3-11,27H,1-2H3,(H,25,26)(H2,22,28,29). The first-order valence-electron chi connectivity index (χ1n) is 9.20. The smallest absolute Gasteiger partial charge is 0.238 e. The molecule has 0 aliphatic rings. The molecule has 0 amide bonds. The van der Waals surface area contributed by atoms with Crippen LogP contribution in [0.2, 0.25) is 0 Å². The minimum atomic E-state index is -4.02. The monoisotopic (exact) mass is 453 g/mol. The molecule has 0 saturated carbocycles. The molecule has 0 radical (unpaired) electrons. The van der Waals surface area contributed by atoms with Gasteiger partial charge in [-0.25, -0.2) is 28.5 Å². The molecule has 0 aliphatic heterocycles. The van der Waals surface area contributed by atoms with Crippen molar-refractivity contribution in [3.63, 3.8) is 0 Å². The third-order valence-electron chi connectivity index (χ3n) is 4.43. The van der Waals surface area contributed by atoms with Crippen LogP contribution < -0.4 is 10.5 Å². The van der Waals surface area contributed by atoms with E-state index in [4.69, 9.17) is 5.14 Å². The molecule has 0 bridgehead atoms. The lowest BCUT2D eigenvalue weighted by Crippen LogP contribution is -2.14. The second-order valence-corrected chi connectivity index (χ2v) is 9.33. The summed E-state index contributed by atoms with van der Waals surface area (Å²) in [5.41, 5.74) is 3.91. The van der Waals surface area contributed by atoms with E-state index in [1.807, 2.05) is 25.3 Å². The molecule has 4 N–H and O–H groups in total. The Bertz CT molecular complexity index is 1350. The number of aryl methyl sites for hydroxylation is 2. The Balaban J connectivity index is 1.68. The molecule has 0 spiro atoms. The summed E-state index contributed by atoms with van der Waals surface area (Å²) in [4.78, 5) is 13.2. The molecule has 10 heteroatoms. The Morgan fingerprint density at radius 3 is 2.29 bits per heavy atom. The number of thiazole rings is 1.